The zero-order valence-electron chi connectivity index (χ0n) is 19.3. The Morgan fingerprint density at radius 2 is 1.48 bits per heavy atom. The monoisotopic (exact) mass is 434 g/mol. The van der Waals surface area contributed by atoms with Crippen LogP contribution in [0.2, 0.25) is 0 Å². The Morgan fingerprint density at radius 3 is 2.06 bits per heavy atom. The molecule has 0 amide bonds. The second-order valence-corrected chi connectivity index (χ2v) is 10.6. The van der Waals surface area contributed by atoms with Crippen LogP contribution in [0.25, 0.3) is 0 Å². The number of benzene rings is 1. The molecule has 0 spiro atoms. The third-order valence-corrected chi connectivity index (χ3v) is 8.63. The minimum Gasteiger partial charge on any atom is -0.487 e. The number of aryl methyl sites for hydroxylation is 1. The molecule has 2 atom stereocenters. The highest BCUT2D eigenvalue weighted by Crippen LogP contribution is 2.42. The Morgan fingerprint density at radius 1 is 0.903 bits per heavy atom. The predicted octanol–water partition coefficient (Wildman–Crippen LogP) is 7.51. The molecule has 1 heterocycles. The van der Waals surface area contributed by atoms with Crippen LogP contribution in [0.15, 0.2) is 6.07 Å². The minimum absolute atomic E-state index is 0.0101. The summed E-state index contributed by atoms with van der Waals surface area (Å²) in [5.74, 6) is 1.40. The average molecular weight is 435 g/mol. The van der Waals surface area contributed by atoms with Gasteiger partial charge in [-0.05, 0) is 67.9 Å². The molecule has 1 aliphatic heterocycles. The number of rotatable bonds is 6. The van der Waals surface area contributed by atoms with Crippen molar-refractivity contribution in [3.63, 3.8) is 0 Å². The van der Waals surface area contributed by atoms with Crippen molar-refractivity contribution in [1.82, 2.24) is 0 Å². The van der Waals surface area contributed by atoms with Gasteiger partial charge in [0, 0.05) is 5.56 Å². The maximum Gasteiger partial charge on any atom is 0.201 e. The first-order valence-corrected chi connectivity index (χ1v) is 12.8. The van der Waals surface area contributed by atoms with Crippen LogP contribution >= 0.6 is 0 Å². The van der Waals surface area contributed by atoms with Crippen LogP contribution in [0.5, 0.6) is 5.75 Å². The maximum atomic E-state index is 14.6. The van der Waals surface area contributed by atoms with Gasteiger partial charge in [-0.15, -0.1) is 0 Å². The summed E-state index contributed by atoms with van der Waals surface area (Å²) in [6.45, 7) is 3.79. The van der Waals surface area contributed by atoms with Gasteiger partial charge in [0.05, 0.1) is 6.10 Å². The molecule has 31 heavy (non-hydrogen) atoms. The van der Waals surface area contributed by atoms with E-state index < -0.39 is 17.7 Å². The lowest BCUT2D eigenvalue weighted by molar-refractivity contribution is 0.0693. The highest BCUT2D eigenvalue weighted by Gasteiger charge is 2.34. The molecule has 0 radical (unpaired) electrons. The summed E-state index contributed by atoms with van der Waals surface area (Å²) in [5.41, 5.74) is 0.722. The van der Waals surface area contributed by atoms with E-state index in [-0.39, 0.29) is 17.4 Å². The van der Waals surface area contributed by atoms with Gasteiger partial charge in [0.25, 0.3) is 0 Å². The van der Waals surface area contributed by atoms with Crippen molar-refractivity contribution in [2.45, 2.75) is 110 Å². The quantitative estimate of drug-likeness (QED) is 0.502. The molecule has 4 rings (SSSR count). The van der Waals surface area contributed by atoms with E-state index in [4.69, 9.17) is 4.74 Å². The standard InChI is InChI=1S/C27H40F2O2/c1-3-18-4-6-19(7-5-18)8-9-20-10-12-21(13-11-20)24-15-14-22-16-23(17(2)30)25(28)26(29)27(22)31-24/h16-21,24,30H,3-15H2,1-2H3. The highest BCUT2D eigenvalue weighted by molar-refractivity contribution is 5.42. The number of ether oxygens (including phenoxy) is 1. The van der Waals surface area contributed by atoms with Crippen molar-refractivity contribution in [3.8, 4) is 5.75 Å². The van der Waals surface area contributed by atoms with Crippen LogP contribution in [0.3, 0.4) is 0 Å². The fourth-order valence-corrected chi connectivity index (χ4v) is 6.39. The second-order valence-electron chi connectivity index (χ2n) is 10.6. The third-order valence-electron chi connectivity index (χ3n) is 8.63. The molecule has 3 aliphatic rings. The molecular weight excluding hydrogens is 394 g/mol. The van der Waals surface area contributed by atoms with E-state index in [1.807, 2.05) is 0 Å². The van der Waals surface area contributed by atoms with E-state index in [2.05, 4.69) is 6.92 Å². The Kier molecular flexibility index (Phi) is 7.56. The fourth-order valence-electron chi connectivity index (χ4n) is 6.39. The third kappa shape index (κ3) is 5.26. The van der Waals surface area contributed by atoms with Gasteiger partial charge >= 0.3 is 0 Å². The van der Waals surface area contributed by atoms with Crippen molar-refractivity contribution in [2.75, 3.05) is 0 Å². The van der Waals surface area contributed by atoms with E-state index in [0.717, 1.165) is 37.0 Å². The van der Waals surface area contributed by atoms with E-state index in [1.54, 1.807) is 6.07 Å². The lowest BCUT2D eigenvalue weighted by Crippen LogP contribution is -2.34. The largest absolute Gasteiger partial charge is 0.487 e. The number of hydrogen-bond donors (Lipinski definition) is 1. The number of halogens is 2. The number of aliphatic hydroxyl groups excluding tert-OH is 1. The molecular formula is C27H40F2O2. The van der Waals surface area contributed by atoms with Crippen LogP contribution in [-0.4, -0.2) is 11.2 Å². The van der Waals surface area contributed by atoms with Gasteiger partial charge in [-0.2, -0.15) is 4.39 Å². The minimum atomic E-state index is -1.02. The Labute approximate surface area is 186 Å². The van der Waals surface area contributed by atoms with Crippen LogP contribution in [-0.2, 0) is 6.42 Å². The van der Waals surface area contributed by atoms with Gasteiger partial charge in [0.15, 0.2) is 11.6 Å². The van der Waals surface area contributed by atoms with Gasteiger partial charge in [-0.1, -0.05) is 64.7 Å². The molecule has 4 heteroatoms. The summed E-state index contributed by atoms with van der Waals surface area (Å²) >= 11 is 0. The van der Waals surface area contributed by atoms with Crippen molar-refractivity contribution in [2.24, 2.45) is 23.7 Å². The molecule has 2 nitrogen and oxygen atoms in total. The van der Waals surface area contributed by atoms with Crippen molar-refractivity contribution >= 4 is 0 Å². The summed E-state index contributed by atoms with van der Waals surface area (Å²) in [6, 6.07) is 1.58. The van der Waals surface area contributed by atoms with E-state index in [9.17, 15) is 13.9 Å². The second kappa shape index (κ2) is 10.2. The van der Waals surface area contributed by atoms with E-state index in [1.165, 1.54) is 64.7 Å². The number of hydrogen-bond acceptors (Lipinski definition) is 2. The van der Waals surface area contributed by atoms with Gasteiger partial charge in [-0.25, -0.2) is 4.39 Å². The van der Waals surface area contributed by atoms with Crippen LogP contribution in [0.4, 0.5) is 8.78 Å². The molecule has 1 aromatic rings. The van der Waals surface area contributed by atoms with Gasteiger partial charge in [0.1, 0.15) is 6.10 Å². The predicted molar refractivity (Wildman–Crippen MR) is 120 cm³/mol. The summed E-state index contributed by atoms with van der Waals surface area (Å²) in [7, 11) is 0. The Hall–Kier alpha value is -1.16. The SMILES string of the molecule is CCC1CCC(CCC2CCC(C3CCc4cc(C(C)O)c(F)c(F)c4O3)CC2)CC1. The molecule has 2 fully saturated rings. The number of fused-ring (bicyclic) bond motifs is 1. The van der Waals surface area contributed by atoms with Crippen molar-refractivity contribution in [3.05, 3.63) is 28.8 Å². The molecule has 2 saturated carbocycles. The van der Waals surface area contributed by atoms with Crippen molar-refractivity contribution < 1.29 is 18.6 Å². The Balaban J connectivity index is 1.26. The van der Waals surface area contributed by atoms with Gasteiger partial charge in [0.2, 0.25) is 5.82 Å². The van der Waals surface area contributed by atoms with E-state index in [0.29, 0.717) is 17.9 Å². The molecule has 1 N–H and O–H groups in total. The smallest absolute Gasteiger partial charge is 0.201 e. The Bertz CT molecular complexity index is 731. The molecule has 0 saturated heterocycles. The van der Waals surface area contributed by atoms with E-state index >= 15 is 0 Å². The molecule has 0 bridgehead atoms. The average Bonchev–Trinajstić information content (AvgIpc) is 2.80. The maximum absolute atomic E-state index is 14.6. The molecule has 1 aromatic carbocycles. The summed E-state index contributed by atoms with van der Waals surface area (Å²) < 4.78 is 35.0. The summed E-state index contributed by atoms with van der Waals surface area (Å²) in [6.07, 6.45) is 15.1. The summed E-state index contributed by atoms with van der Waals surface area (Å²) in [4.78, 5) is 0. The van der Waals surface area contributed by atoms with Crippen LogP contribution in [0.1, 0.15) is 108 Å². The zero-order chi connectivity index (χ0) is 22.0. The fraction of sp³-hybridized carbons (Fsp3) is 0.778. The molecule has 174 valence electrons. The topological polar surface area (TPSA) is 29.5 Å². The van der Waals surface area contributed by atoms with Crippen LogP contribution < -0.4 is 4.74 Å². The van der Waals surface area contributed by atoms with Crippen LogP contribution in [0, 0.1) is 35.3 Å². The number of aliphatic hydroxyl groups is 1. The van der Waals surface area contributed by atoms with Crippen molar-refractivity contribution in [1.29, 1.82) is 0 Å². The molecule has 0 aromatic heterocycles. The zero-order valence-corrected chi connectivity index (χ0v) is 19.3. The first-order chi connectivity index (χ1) is 15.0. The first-order valence-electron chi connectivity index (χ1n) is 12.8. The lowest BCUT2D eigenvalue weighted by Gasteiger charge is -2.37. The lowest BCUT2D eigenvalue weighted by atomic mass is 9.73. The summed E-state index contributed by atoms with van der Waals surface area (Å²) in [5, 5.41) is 9.71. The van der Waals surface area contributed by atoms with Gasteiger partial charge < -0.3 is 9.84 Å². The molecule has 2 aliphatic carbocycles. The first kappa shape index (κ1) is 23.0. The van der Waals surface area contributed by atoms with Gasteiger partial charge in [-0.3, -0.25) is 0 Å². The highest BCUT2D eigenvalue weighted by atomic mass is 19.2. The molecule has 2 unspecified atom stereocenters. The normalized spacial score (nSPS) is 32.2.